The molecule has 1 N–H and O–H groups in total. The molecule has 5 nitrogen and oxygen atoms in total. The maximum atomic E-state index is 10.7. The Morgan fingerprint density at radius 2 is 1.93 bits per heavy atom. The van der Waals surface area contributed by atoms with Crippen LogP contribution in [0.15, 0.2) is 23.1 Å². The van der Waals surface area contributed by atoms with Crippen LogP contribution in [-0.4, -0.2) is 24.0 Å². The molecule has 0 saturated heterocycles. The monoisotopic (exact) mass is 350 g/mol. The van der Waals surface area contributed by atoms with Gasteiger partial charge in [0.25, 0.3) is 0 Å². The van der Waals surface area contributed by atoms with E-state index in [1.807, 2.05) is 0 Å². The summed E-state index contributed by atoms with van der Waals surface area (Å²) in [7, 11) is -4.61. The van der Waals surface area contributed by atoms with Crippen molar-refractivity contribution < 1.29 is 52.4 Å². The summed E-state index contributed by atoms with van der Waals surface area (Å²) in [6.45, 7) is 0. The number of carbonyl (C=O) groups is 1. The summed E-state index contributed by atoms with van der Waals surface area (Å²) in [6, 6.07) is 3.36. The first-order valence-electron chi connectivity index (χ1n) is 3.31. The maximum absolute atomic E-state index is 10.7. The first kappa shape index (κ1) is 15.3. The molecule has 0 saturated carbocycles. The number of benzene rings is 1. The fourth-order valence-electron chi connectivity index (χ4n) is 0.828. The molecule has 76 valence electrons. The van der Waals surface area contributed by atoms with Crippen LogP contribution < -0.4 is 29.6 Å². The van der Waals surface area contributed by atoms with Gasteiger partial charge in [0, 0.05) is 3.57 Å². The topological polar surface area (TPSA) is 94.5 Å². The molecule has 0 fully saturated rings. The van der Waals surface area contributed by atoms with Crippen molar-refractivity contribution in [2.45, 2.75) is 4.90 Å². The molecule has 1 aromatic carbocycles. The largest absolute Gasteiger partial charge is 1.00 e. The molecule has 0 aliphatic rings. The number of rotatable bonds is 2. The Morgan fingerprint density at radius 3 is 2.33 bits per heavy atom. The molecule has 1 aromatic rings. The molecule has 0 aliphatic carbocycles. The fraction of sp³-hybridized carbons (Fsp3) is 0. The van der Waals surface area contributed by atoms with E-state index in [-0.39, 0.29) is 38.7 Å². The van der Waals surface area contributed by atoms with Gasteiger partial charge in [0.15, 0.2) is 0 Å². The van der Waals surface area contributed by atoms with Gasteiger partial charge in [0.1, 0.15) is 10.1 Å². The van der Waals surface area contributed by atoms with Gasteiger partial charge in [-0.15, -0.1) is 0 Å². The van der Waals surface area contributed by atoms with Crippen molar-refractivity contribution in [2.24, 2.45) is 0 Å². The predicted molar refractivity (Wildman–Crippen MR) is 54.1 cm³/mol. The molecule has 0 amide bonds. The molecule has 0 atom stereocenters. The average molecular weight is 350 g/mol. The number of hydrogen-bond donors (Lipinski definition) is 1. The summed E-state index contributed by atoms with van der Waals surface area (Å²) in [6.07, 6.45) is 0. The van der Waals surface area contributed by atoms with Gasteiger partial charge >= 0.3 is 35.5 Å². The minimum Gasteiger partial charge on any atom is -0.744 e. The molecule has 0 unspecified atom stereocenters. The molecule has 0 heterocycles. The van der Waals surface area contributed by atoms with E-state index < -0.39 is 21.0 Å². The summed E-state index contributed by atoms with van der Waals surface area (Å²) in [5.41, 5.74) is -0.222. The normalized spacial score (nSPS) is 10.5. The van der Waals surface area contributed by atoms with Crippen molar-refractivity contribution in [3.8, 4) is 0 Å². The van der Waals surface area contributed by atoms with E-state index in [2.05, 4.69) is 0 Å². The third-order valence-corrected chi connectivity index (χ3v) is 3.63. The third-order valence-electron chi connectivity index (χ3n) is 1.45. The van der Waals surface area contributed by atoms with Crippen LogP contribution in [0.25, 0.3) is 0 Å². The Morgan fingerprint density at radius 1 is 1.40 bits per heavy atom. The Hall–Kier alpha value is 0.330. The molecule has 1 rings (SSSR count). The molecule has 0 aliphatic heterocycles. The second-order valence-corrected chi connectivity index (χ2v) is 4.91. The van der Waals surface area contributed by atoms with Crippen molar-refractivity contribution in [3.63, 3.8) is 0 Å². The minimum atomic E-state index is -4.61. The number of carboxylic acids is 1. The number of aromatic carboxylic acids is 1. The molecule has 0 aromatic heterocycles. The van der Waals surface area contributed by atoms with Crippen LogP contribution in [0, 0.1) is 3.57 Å². The van der Waals surface area contributed by atoms with Crippen molar-refractivity contribution in [3.05, 3.63) is 27.3 Å². The van der Waals surface area contributed by atoms with Crippen LogP contribution in [0.1, 0.15) is 10.4 Å². The van der Waals surface area contributed by atoms with Crippen LogP contribution in [0.3, 0.4) is 0 Å². The van der Waals surface area contributed by atoms with Gasteiger partial charge in [-0.2, -0.15) is 0 Å². The fourth-order valence-corrected chi connectivity index (χ4v) is 2.55. The first-order chi connectivity index (χ1) is 6.32. The van der Waals surface area contributed by atoms with Crippen molar-refractivity contribution in [1.29, 1.82) is 0 Å². The minimum absolute atomic E-state index is 0. The molecule has 0 radical (unpaired) electrons. The summed E-state index contributed by atoms with van der Waals surface area (Å²) in [4.78, 5) is 9.99. The zero-order chi connectivity index (χ0) is 10.9. The Kier molecular flexibility index (Phi) is 5.72. The predicted octanol–water partition coefficient (Wildman–Crippen LogP) is -2.10. The summed E-state index contributed by atoms with van der Waals surface area (Å²) in [5, 5.41) is 8.57. The molecular weight excluding hydrogens is 346 g/mol. The Labute approximate surface area is 122 Å². The van der Waals surface area contributed by atoms with Gasteiger partial charge in [0.2, 0.25) is 0 Å². The maximum Gasteiger partial charge on any atom is 1.00 e. The van der Waals surface area contributed by atoms with Crippen LogP contribution in [0.2, 0.25) is 0 Å². The van der Waals surface area contributed by atoms with Crippen LogP contribution >= 0.6 is 22.6 Å². The Bertz CT molecular complexity index is 484. The van der Waals surface area contributed by atoms with Gasteiger partial charge in [0.05, 0.1) is 10.5 Å². The van der Waals surface area contributed by atoms with E-state index in [1.165, 1.54) is 12.1 Å². The Balaban J connectivity index is 0.00000196. The standard InChI is InChI=1S/C7H5IO5S.Na/c8-5-2-1-4(7(9)10)3-6(5)14(11,12)13;/h1-3H,(H,9,10)(H,11,12,13);/q;+1/p-1. The van der Waals surface area contributed by atoms with E-state index in [1.54, 1.807) is 22.6 Å². The van der Waals surface area contributed by atoms with E-state index in [9.17, 15) is 17.8 Å². The van der Waals surface area contributed by atoms with Gasteiger partial charge in [-0.05, 0) is 40.8 Å². The number of carboxylic acid groups (broad SMARTS) is 1. The van der Waals surface area contributed by atoms with E-state index in [0.29, 0.717) is 0 Å². The summed E-state index contributed by atoms with van der Waals surface area (Å²) < 4.78 is 32.2. The number of hydrogen-bond acceptors (Lipinski definition) is 4. The van der Waals surface area contributed by atoms with Crippen molar-refractivity contribution in [2.75, 3.05) is 0 Å². The van der Waals surface area contributed by atoms with Crippen molar-refractivity contribution in [1.82, 2.24) is 0 Å². The number of halogens is 1. The summed E-state index contributed by atoms with van der Waals surface area (Å²) in [5.74, 6) is -1.27. The third kappa shape index (κ3) is 4.00. The molecular formula is C7H4INaO5S. The molecule has 15 heavy (non-hydrogen) atoms. The zero-order valence-electron chi connectivity index (χ0n) is 7.60. The molecule has 0 spiro atoms. The van der Waals surface area contributed by atoms with Gasteiger partial charge < -0.3 is 9.66 Å². The van der Waals surface area contributed by atoms with E-state index in [0.717, 1.165) is 6.07 Å². The second kappa shape index (κ2) is 5.60. The van der Waals surface area contributed by atoms with Crippen LogP contribution in [0.5, 0.6) is 0 Å². The average Bonchev–Trinajstić information content (AvgIpc) is 2.02. The zero-order valence-corrected chi connectivity index (χ0v) is 12.6. The van der Waals surface area contributed by atoms with Crippen molar-refractivity contribution >= 4 is 38.7 Å². The SMILES string of the molecule is O=C(O)c1ccc(I)c(S(=O)(=O)[O-])c1.[Na+]. The van der Waals surface area contributed by atoms with Crippen LogP contribution in [-0.2, 0) is 10.1 Å². The van der Waals surface area contributed by atoms with Gasteiger partial charge in [-0.1, -0.05) is 0 Å². The van der Waals surface area contributed by atoms with Gasteiger partial charge in [-0.25, -0.2) is 13.2 Å². The van der Waals surface area contributed by atoms with E-state index >= 15 is 0 Å². The van der Waals surface area contributed by atoms with Crippen LogP contribution in [0.4, 0.5) is 0 Å². The van der Waals surface area contributed by atoms with Gasteiger partial charge in [-0.3, -0.25) is 0 Å². The quantitative estimate of drug-likeness (QED) is 0.375. The second-order valence-electron chi connectivity index (χ2n) is 2.40. The molecule has 0 bridgehead atoms. The smallest absolute Gasteiger partial charge is 0.744 e. The van der Waals surface area contributed by atoms with E-state index in [4.69, 9.17) is 5.11 Å². The first-order valence-corrected chi connectivity index (χ1v) is 5.80. The summed E-state index contributed by atoms with van der Waals surface area (Å²) >= 11 is 1.65. The molecule has 8 heteroatoms.